The summed E-state index contributed by atoms with van der Waals surface area (Å²) in [5.41, 5.74) is 4.65. The first kappa shape index (κ1) is 19.4. The maximum absolute atomic E-state index is 13.1. The van der Waals surface area contributed by atoms with Crippen LogP contribution in [-0.2, 0) is 13.0 Å². The Labute approximate surface area is 175 Å². The number of fused-ring (bicyclic) bond motifs is 1. The van der Waals surface area contributed by atoms with Crippen LogP contribution in [0.2, 0.25) is 0 Å². The lowest BCUT2D eigenvalue weighted by atomic mass is 10.1. The molecule has 5 heteroatoms. The maximum atomic E-state index is 13.1. The summed E-state index contributed by atoms with van der Waals surface area (Å²) >= 11 is 0. The van der Waals surface area contributed by atoms with Gasteiger partial charge in [-0.05, 0) is 66.9 Å². The fourth-order valence-electron chi connectivity index (χ4n) is 3.77. The summed E-state index contributed by atoms with van der Waals surface area (Å²) in [6.45, 7) is 2.40. The van der Waals surface area contributed by atoms with E-state index in [2.05, 4.69) is 5.32 Å². The Morgan fingerprint density at radius 2 is 1.77 bits per heavy atom. The van der Waals surface area contributed by atoms with E-state index in [0.717, 1.165) is 23.2 Å². The third-order valence-corrected chi connectivity index (χ3v) is 5.33. The number of benzene rings is 3. The van der Waals surface area contributed by atoms with E-state index in [1.165, 1.54) is 0 Å². The molecule has 4 rings (SSSR count). The highest BCUT2D eigenvalue weighted by Crippen LogP contribution is 2.34. The minimum absolute atomic E-state index is 0.0133. The van der Waals surface area contributed by atoms with Gasteiger partial charge in [-0.1, -0.05) is 30.3 Å². The molecule has 2 amide bonds. The fourth-order valence-corrected chi connectivity index (χ4v) is 3.77. The largest absolute Gasteiger partial charge is 0.348 e. The molecule has 0 spiro atoms. The maximum Gasteiger partial charge on any atom is 0.258 e. The molecule has 3 aromatic rings. The average molecular weight is 395 g/mol. The van der Waals surface area contributed by atoms with Crippen LogP contribution in [0.5, 0.6) is 0 Å². The Morgan fingerprint density at radius 1 is 1.03 bits per heavy atom. The number of carbonyl (C=O) groups is 2. The van der Waals surface area contributed by atoms with Gasteiger partial charge < -0.3 is 10.2 Å². The van der Waals surface area contributed by atoms with Crippen molar-refractivity contribution in [1.29, 1.82) is 5.26 Å². The number of nitrogens with zero attached hydrogens (tertiary/aromatic N) is 2. The highest BCUT2D eigenvalue weighted by molar-refractivity contribution is 6.07. The van der Waals surface area contributed by atoms with E-state index in [-0.39, 0.29) is 17.9 Å². The number of hydrogen-bond acceptors (Lipinski definition) is 3. The quantitative estimate of drug-likeness (QED) is 0.723. The standard InChI is InChI=1S/C25H21N3O2/c1-17-13-22-12-9-19(16-27-24(29)20-10-7-18(15-26)8-11-20)14-23(22)28(17)25(30)21-5-3-2-4-6-21/h2-12,14,17H,13,16H2,1H3,(H,27,29)/t17-/m1/s1. The highest BCUT2D eigenvalue weighted by atomic mass is 16.2. The zero-order valence-corrected chi connectivity index (χ0v) is 16.6. The Hall–Kier alpha value is -3.91. The molecule has 148 valence electrons. The number of nitriles is 1. The summed E-state index contributed by atoms with van der Waals surface area (Å²) in [6.07, 6.45) is 0.811. The van der Waals surface area contributed by atoms with Gasteiger partial charge >= 0.3 is 0 Å². The zero-order chi connectivity index (χ0) is 21.1. The molecule has 5 nitrogen and oxygen atoms in total. The van der Waals surface area contributed by atoms with E-state index in [9.17, 15) is 9.59 Å². The van der Waals surface area contributed by atoms with Gasteiger partial charge in [0.2, 0.25) is 0 Å². The van der Waals surface area contributed by atoms with Crippen molar-refractivity contribution in [2.24, 2.45) is 0 Å². The molecule has 30 heavy (non-hydrogen) atoms. The van der Waals surface area contributed by atoms with Gasteiger partial charge in [0.25, 0.3) is 11.8 Å². The number of rotatable bonds is 4. The predicted octanol–water partition coefficient (Wildman–Crippen LogP) is 4.08. The monoisotopic (exact) mass is 395 g/mol. The van der Waals surface area contributed by atoms with Crippen LogP contribution >= 0.6 is 0 Å². The van der Waals surface area contributed by atoms with E-state index in [0.29, 0.717) is 23.2 Å². The summed E-state index contributed by atoms with van der Waals surface area (Å²) < 4.78 is 0. The van der Waals surface area contributed by atoms with Crippen LogP contribution in [0.15, 0.2) is 72.8 Å². The Bertz CT molecular complexity index is 1130. The molecule has 3 aromatic carbocycles. The molecule has 0 fully saturated rings. The molecule has 0 aromatic heterocycles. The van der Waals surface area contributed by atoms with E-state index >= 15 is 0 Å². The topological polar surface area (TPSA) is 73.2 Å². The molecular formula is C25H21N3O2. The molecule has 1 N–H and O–H groups in total. The van der Waals surface area contributed by atoms with Gasteiger partial charge in [-0.25, -0.2) is 0 Å². The Morgan fingerprint density at radius 3 is 2.47 bits per heavy atom. The van der Waals surface area contributed by atoms with Crippen LogP contribution in [-0.4, -0.2) is 17.9 Å². The van der Waals surface area contributed by atoms with Gasteiger partial charge in [-0.3, -0.25) is 9.59 Å². The molecule has 0 bridgehead atoms. The van der Waals surface area contributed by atoms with Crippen molar-refractivity contribution in [3.8, 4) is 6.07 Å². The number of carbonyl (C=O) groups excluding carboxylic acids is 2. The van der Waals surface area contributed by atoms with E-state index in [4.69, 9.17) is 5.26 Å². The van der Waals surface area contributed by atoms with Crippen molar-refractivity contribution in [2.75, 3.05) is 4.90 Å². The third kappa shape index (κ3) is 3.81. The second-order valence-electron chi connectivity index (χ2n) is 7.43. The number of hydrogen-bond donors (Lipinski definition) is 1. The lowest BCUT2D eigenvalue weighted by Gasteiger charge is -2.23. The second kappa shape index (κ2) is 8.22. The lowest BCUT2D eigenvalue weighted by molar-refractivity contribution is 0.0948. The Kier molecular flexibility index (Phi) is 5.32. The summed E-state index contributed by atoms with van der Waals surface area (Å²) in [7, 11) is 0. The van der Waals surface area contributed by atoms with Crippen LogP contribution < -0.4 is 10.2 Å². The first-order chi connectivity index (χ1) is 14.6. The van der Waals surface area contributed by atoms with Gasteiger partial charge in [-0.15, -0.1) is 0 Å². The zero-order valence-electron chi connectivity index (χ0n) is 16.6. The summed E-state index contributed by atoms with van der Waals surface area (Å²) in [5.74, 6) is -0.216. The first-order valence-corrected chi connectivity index (χ1v) is 9.85. The molecule has 0 aliphatic carbocycles. The molecule has 0 saturated heterocycles. The first-order valence-electron chi connectivity index (χ1n) is 9.85. The summed E-state index contributed by atoms with van der Waals surface area (Å²) in [4.78, 5) is 27.3. The molecule has 1 aliphatic heterocycles. The van der Waals surface area contributed by atoms with Crippen molar-refractivity contribution >= 4 is 17.5 Å². The molecule has 0 saturated carbocycles. The Balaban J connectivity index is 1.50. The molecule has 1 heterocycles. The van der Waals surface area contributed by atoms with Gasteiger partial charge in [0.1, 0.15) is 0 Å². The predicted molar refractivity (Wildman–Crippen MR) is 115 cm³/mol. The minimum Gasteiger partial charge on any atom is -0.348 e. The van der Waals surface area contributed by atoms with Crippen LogP contribution in [0.1, 0.15) is 44.3 Å². The van der Waals surface area contributed by atoms with Crippen LogP contribution in [0.3, 0.4) is 0 Å². The molecular weight excluding hydrogens is 374 g/mol. The van der Waals surface area contributed by atoms with E-state index in [1.54, 1.807) is 24.3 Å². The molecule has 0 radical (unpaired) electrons. The van der Waals surface area contributed by atoms with Crippen LogP contribution in [0.25, 0.3) is 0 Å². The number of amides is 2. The highest BCUT2D eigenvalue weighted by Gasteiger charge is 2.31. The second-order valence-corrected chi connectivity index (χ2v) is 7.43. The third-order valence-electron chi connectivity index (χ3n) is 5.33. The SMILES string of the molecule is C[C@@H]1Cc2ccc(CNC(=O)c3ccc(C#N)cc3)cc2N1C(=O)c1ccccc1. The normalized spacial score (nSPS) is 14.7. The lowest BCUT2D eigenvalue weighted by Crippen LogP contribution is -2.35. The average Bonchev–Trinajstić information content (AvgIpc) is 3.12. The van der Waals surface area contributed by atoms with Crippen molar-refractivity contribution in [2.45, 2.75) is 25.9 Å². The minimum atomic E-state index is -0.203. The molecule has 0 unspecified atom stereocenters. The van der Waals surface area contributed by atoms with Gasteiger partial charge in [0, 0.05) is 29.4 Å². The smallest absolute Gasteiger partial charge is 0.258 e. The van der Waals surface area contributed by atoms with Crippen molar-refractivity contribution in [1.82, 2.24) is 5.32 Å². The molecule has 1 aliphatic rings. The van der Waals surface area contributed by atoms with Crippen LogP contribution in [0, 0.1) is 11.3 Å². The summed E-state index contributed by atoms with van der Waals surface area (Å²) in [5, 5.41) is 11.8. The van der Waals surface area contributed by atoms with Crippen molar-refractivity contribution < 1.29 is 9.59 Å². The van der Waals surface area contributed by atoms with E-state index < -0.39 is 0 Å². The van der Waals surface area contributed by atoms with Crippen molar-refractivity contribution in [3.05, 3.63) is 101 Å². The van der Waals surface area contributed by atoms with Crippen LogP contribution in [0.4, 0.5) is 5.69 Å². The van der Waals surface area contributed by atoms with E-state index in [1.807, 2.05) is 66.4 Å². The fraction of sp³-hybridized carbons (Fsp3) is 0.160. The van der Waals surface area contributed by atoms with Gasteiger partial charge in [0.15, 0.2) is 0 Å². The summed E-state index contributed by atoms with van der Waals surface area (Å²) in [6, 6.07) is 23.9. The van der Waals surface area contributed by atoms with Gasteiger partial charge in [-0.2, -0.15) is 5.26 Å². The van der Waals surface area contributed by atoms with Crippen molar-refractivity contribution in [3.63, 3.8) is 0 Å². The van der Waals surface area contributed by atoms with Gasteiger partial charge in [0.05, 0.1) is 11.6 Å². The number of anilines is 1. The molecule has 1 atom stereocenters. The number of nitrogens with one attached hydrogen (secondary N) is 1.